The summed E-state index contributed by atoms with van der Waals surface area (Å²) in [6.07, 6.45) is 0. The maximum absolute atomic E-state index is 13.1. The third-order valence-corrected chi connectivity index (χ3v) is 4.90. The van der Waals surface area contributed by atoms with Crippen molar-refractivity contribution in [2.75, 3.05) is 13.6 Å². The lowest BCUT2D eigenvalue weighted by atomic mass is 10.1. The third-order valence-electron chi connectivity index (χ3n) is 4.62. The van der Waals surface area contributed by atoms with E-state index in [1.54, 1.807) is 25.2 Å². The molecular weight excluding hydrogens is 360 g/mol. The van der Waals surface area contributed by atoms with E-state index in [0.717, 1.165) is 16.8 Å². The molecule has 1 N–H and O–H groups in total. The van der Waals surface area contributed by atoms with Crippen LogP contribution in [0, 0.1) is 29.9 Å². The van der Waals surface area contributed by atoms with E-state index in [1.807, 2.05) is 38.1 Å². The van der Waals surface area contributed by atoms with Crippen LogP contribution in [0.15, 0.2) is 41.2 Å². The largest absolute Gasteiger partial charge is 0.331 e. The van der Waals surface area contributed by atoms with Crippen LogP contribution in [-0.2, 0) is 0 Å². The number of nitrogens with zero attached hydrogens (tertiary/aromatic N) is 3. The Bertz CT molecular complexity index is 1220. The van der Waals surface area contributed by atoms with E-state index >= 15 is 0 Å². The molecule has 0 aliphatic heterocycles. The van der Waals surface area contributed by atoms with Crippen LogP contribution >= 0.6 is 12.2 Å². The molecule has 0 aliphatic carbocycles. The number of hydrogen-bond donors (Lipinski definition) is 1. The summed E-state index contributed by atoms with van der Waals surface area (Å²) in [7, 11) is 1.55. The second kappa shape index (κ2) is 7.17. The second-order valence-electron chi connectivity index (χ2n) is 6.37. The fraction of sp³-hybridized carbons (Fsp3) is 0.200. The van der Waals surface area contributed by atoms with Gasteiger partial charge < -0.3 is 9.88 Å². The van der Waals surface area contributed by atoms with Crippen molar-refractivity contribution in [1.82, 2.24) is 14.5 Å². The molecule has 0 fully saturated rings. The molecule has 0 unspecified atom stereocenters. The molecule has 1 heterocycles. The summed E-state index contributed by atoms with van der Waals surface area (Å²) in [6.45, 7) is 3.91. The average Bonchev–Trinajstić information content (AvgIpc) is 2.64. The Morgan fingerprint density at radius 2 is 2.04 bits per heavy atom. The Labute approximate surface area is 161 Å². The lowest BCUT2D eigenvalue weighted by Crippen LogP contribution is -2.27. The van der Waals surface area contributed by atoms with Crippen molar-refractivity contribution < 1.29 is 4.79 Å². The monoisotopic (exact) mass is 378 g/mol. The van der Waals surface area contributed by atoms with Crippen LogP contribution in [0.1, 0.15) is 21.5 Å². The zero-order valence-corrected chi connectivity index (χ0v) is 16.1. The van der Waals surface area contributed by atoms with Crippen LogP contribution in [0.25, 0.3) is 16.6 Å². The lowest BCUT2D eigenvalue weighted by molar-refractivity contribution is 0.0812. The van der Waals surface area contributed by atoms with Crippen LogP contribution in [0.3, 0.4) is 0 Å². The van der Waals surface area contributed by atoms with Gasteiger partial charge in [-0.1, -0.05) is 12.1 Å². The van der Waals surface area contributed by atoms with E-state index in [9.17, 15) is 9.59 Å². The van der Waals surface area contributed by atoms with E-state index in [1.165, 1.54) is 9.47 Å². The number of carbonyl (C=O) groups is 1. The van der Waals surface area contributed by atoms with Crippen LogP contribution < -0.4 is 5.56 Å². The first kappa shape index (κ1) is 18.5. The van der Waals surface area contributed by atoms with Gasteiger partial charge in [0.25, 0.3) is 11.5 Å². The Morgan fingerprint density at radius 3 is 2.74 bits per heavy atom. The summed E-state index contributed by atoms with van der Waals surface area (Å²) >= 11 is 5.42. The minimum atomic E-state index is -0.295. The van der Waals surface area contributed by atoms with Gasteiger partial charge >= 0.3 is 0 Å². The molecule has 3 aromatic rings. The van der Waals surface area contributed by atoms with Gasteiger partial charge in [0.05, 0.1) is 22.7 Å². The molecule has 1 aromatic heterocycles. The first-order valence-electron chi connectivity index (χ1n) is 8.33. The number of aryl methyl sites for hydroxylation is 1. The van der Waals surface area contributed by atoms with Gasteiger partial charge in [-0.3, -0.25) is 14.2 Å². The molecule has 6 nitrogen and oxygen atoms in total. The van der Waals surface area contributed by atoms with Crippen molar-refractivity contribution in [3.8, 4) is 11.8 Å². The molecule has 0 saturated carbocycles. The van der Waals surface area contributed by atoms with E-state index in [4.69, 9.17) is 17.5 Å². The molecule has 0 bridgehead atoms. The quantitative estimate of drug-likeness (QED) is 0.560. The number of fused-ring (bicyclic) bond motifs is 1. The highest BCUT2D eigenvalue weighted by Crippen LogP contribution is 2.18. The Morgan fingerprint density at radius 1 is 1.30 bits per heavy atom. The topological polar surface area (TPSA) is 81.9 Å². The number of amides is 1. The molecule has 0 atom stereocenters. The van der Waals surface area contributed by atoms with Gasteiger partial charge in [-0.2, -0.15) is 5.26 Å². The minimum Gasteiger partial charge on any atom is -0.331 e. The summed E-state index contributed by atoms with van der Waals surface area (Å²) in [5.41, 5.74) is 3.40. The zero-order chi connectivity index (χ0) is 19.7. The van der Waals surface area contributed by atoms with Gasteiger partial charge in [0.1, 0.15) is 6.54 Å². The number of nitriles is 1. The standard InChI is InChI=1S/C20H18N4O2S/c1-12-5-4-6-17(13(12)2)24-19(26)15-8-7-14(11-16(15)22-20(24)27)18(25)23(3)10-9-21/h4-8,11H,10H2,1-3H3,(H,22,27). The van der Waals surface area contributed by atoms with Gasteiger partial charge in [0.2, 0.25) is 0 Å². The van der Waals surface area contributed by atoms with Gasteiger partial charge in [-0.25, -0.2) is 0 Å². The van der Waals surface area contributed by atoms with Crippen LogP contribution in [0.5, 0.6) is 0 Å². The molecule has 136 valence electrons. The van der Waals surface area contributed by atoms with Crippen molar-refractivity contribution in [3.63, 3.8) is 0 Å². The van der Waals surface area contributed by atoms with E-state index < -0.39 is 0 Å². The Hall–Kier alpha value is -3.24. The fourth-order valence-corrected chi connectivity index (χ4v) is 3.24. The van der Waals surface area contributed by atoms with Crippen LogP contribution in [-0.4, -0.2) is 34.0 Å². The smallest absolute Gasteiger partial charge is 0.266 e. The molecule has 0 spiro atoms. The molecule has 0 radical (unpaired) electrons. The normalized spacial score (nSPS) is 10.6. The summed E-state index contributed by atoms with van der Waals surface area (Å²) in [5.74, 6) is -0.295. The third kappa shape index (κ3) is 3.27. The number of nitrogens with one attached hydrogen (secondary N) is 1. The molecule has 0 saturated heterocycles. The number of benzene rings is 2. The van der Waals surface area contributed by atoms with Crippen LogP contribution in [0.4, 0.5) is 0 Å². The highest BCUT2D eigenvalue weighted by Gasteiger charge is 2.15. The number of aromatic nitrogens is 2. The maximum Gasteiger partial charge on any atom is 0.266 e. The van der Waals surface area contributed by atoms with Gasteiger partial charge in [-0.15, -0.1) is 0 Å². The average molecular weight is 378 g/mol. The van der Waals surface area contributed by atoms with E-state index in [0.29, 0.717) is 16.5 Å². The lowest BCUT2D eigenvalue weighted by Gasteiger charge is -2.15. The van der Waals surface area contributed by atoms with Crippen molar-refractivity contribution in [1.29, 1.82) is 5.26 Å². The maximum atomic E-state index is 13.1. The highest BCUT2D eigenvalue weighted by atomic mass is 32.1. The van der Waals surface area contributed by atoms with Gasteiger partial charge in [-0.05, 0) is 61.5 Å². The van der Waals surface area contributed by atoms with E-state index in [2.05, 4.69) is 4.98 Å². The molecular formula is C20H18N4O2S. The van der Waals surface area contributed by atoms with Crippen molar-refractivity contribution in [2.45, 2.75) is 13.8 Å². The number of aromatic amines is 1. The van der Waals surface area contributed by atoms with E-state index in [-0.39, 0.29) is 22.8 Å². The highest BCUT2D eigenvalue weighted by molar-refractivity contribution is 7.71. The zero-order valence-electron chi connectivity index (χ0n) is 15.2. The summed E-state index contributed by atoms with van der Waals surface area (Å²) < 4.78 is 1.74. The van der Waals surface area contributed by atoms with Crippen molar-refractivity contribution >= 4 is 29.0 Å². The van der Waals surface area contributed by atoms with Crippen molar-refractivity contribution in [2.24, 2.45) is 0 Å². The van der Waals surface area contributed by atoms with Crippen LogP contribution in [0.2, 0.25) is 0 Å². The minimum absolute atomic E-state index is 0.0128. The molecule has 1 amide bonds. The molecule has 27 heavy (non-hydrogen) atoms. The Kier molecular flexibility index (Phi) is 4.93. The summed E-state index contributed by atoms with van der Waals surface area (Å²) in [5, 5.41) is 9.18. The molecule has 7 heteroatoms. The summed E-state index contributed by atoms with van der Waals surface area (Å²) in [6, 6.07) is 12.4. The number of hydrogen-bond acceptors (Lipinski definition) is 4. The number of rotatable bonds is 3. The van der Waals surface area contributed by atoms with Gasteiger partial charge in [0, 0.05) is 12.6 Å². The predicted molar refractivity (Wildman–Crippen MR) is 107 cm³/mol. The molecule has 3 rings (SSSR count). The predicted octanol–water partition coefficient (Wildman–Crippen LogP) is 3.26. The Balaban J connectivity index is 2.20. The fourth-order valence-electron chi connectivity index (χ4n) is 2.95. The van der Waals surface area contributed by atoms with Crippen molar-refractivity contribution in [3.05, 3.63) is 68.2 Å². The first-order valence-corrected chi connectivity index (χ1v) is 8.74. The second-order valence-corrected chi connectivity index (χ2v) is 6.76. The SMILES string of the molecule is Cc1cccc(-n2c(=S)[nH]c3cc(C(=O)N(C)CC#N)ccc3c2=O)c1C. The number of H-pyrrole nitrogens is 1. The first-order chi connectivity index (χ1) is 12.8. The summed E-state index contributed by atoms with van der Waals surface area (Å²) in [4.78, 5) is 29.8. The molecule has 2 aromatic carbocycles. The van der Waals surface area contributed by atoms with Gasteiger partial charge in [0.15, 0.2) is 4.77 Å². The number of carbonyl (C=O) groups excluding carboxylic acids is 1. The molecule has 0 aliphatic rings.